The summed E-state index contributed by atoms with van der Waals surface area (Å²) in [5.74, 6) is 1.75. The highest BCUT2D eigenvalue weighted by atomic mass is 16.3. The Morgan fingerprint density at radius 3 is 1.24 bits per heavy atom. The molecule has 0 fully saturated rings. The molecule has 0 spiro atoms. The Morgan fingerprint density at radius 1 is 0.242 bits per heavy atom. The van der Waals surface area contributed by atoms with Gasteiger partial charge in [-0.3, -0.25) is 0 Å². The monoisotopic (exact) mass is 793 g/mol. The van der Waals surface area contributed by atoms with Crippen molar-refractivity contribution in [2.45, 2.75) is 0 Å². The lowest BCUT2D eigenvalue weighted by atomic mass is 9.84. The lowest BCUT2D eigenvalue weighted by molar-refractivity contribution is 0.668. The predicted octanol–water partition coefficient (Wildman–Crippen LogP) is 15.3. The first kappa shape index (κ1) is 35.5. The van der Waals surface area contributed by atoms with Gasteiger partial charge in [-0.2, -0.15) is 0 Å². The summed E-state index contributed by atoms with van der Waals surface area (Å²) in [4.78, 5) is 15.4. The third kappa shape index (κ3) is 6.23. The molecule has 0 saturated carbocycles. The molecule has 290 valence electrons. The van der Waals surface area contributed by atoms with Crippen LogP contribution in [0.25, 0.3) is 123 Å². The molecule has 62 heavy (non-hydrogen) atoms. The molecule has 0 N–H and O–H groups in total. The minimum absolute atomic E-state index is 0.570. The van der Waals surface area contributed by atoms with Crippen molar-refractivity contribution in [1.29, 1.82) is 0 Å². The summed E-state index contributed by atoms with van der Waals surface area (Å²) in [6.07, 6.45) is 0. The van der Waals surface area contributed by atoms with Crippen molar-refractivity contribution in [3.63, 3.8) is 0 Å². The molecule has 3 heterocycles. The molecule has 0 saturated heterocycles. The number of benzene rings is 9. The molecule has 0 bridgehead atoms. The first-order valence-electron chi connectivity index (χ1n) is 20.7. The van der Waals surface area contributed by atoms with Crippen LogP contribution in [-0.2, 0) is 0 Å². The van der Waals surface area contributed by atoms with Gasteiger partial charge in [0.15, 0.2) is 17.5 Å². The molecule has 12 rings (SSSR count). The molecule has 9 aromatic carbocycles. The number of hydrogen-bond acceptors (Lipinski definition) is 5. The molecule has 3 aromatic heterocycles. The van der Waals surface area contributed by atoms with Crippen LogP contribution in [0.5, 0.6) is 0 Å². The van der Waals surface area contributed by atoms with Crippen molar-refractivity contribution in [3.05, 3.63) is 212 Å². The lowest BCUT2D eigenvalue weighted by Gasteiger charge is -2.19. The van der Waals surface area contributed by atoms with E-state index in [1.807, 2.05) is 66.7 Å². The van der Waals surface area contributed by atoms with E-state index < -0.39 is 0 Å². The smallest absolute Gasteiger partial charge is 0.164 e. The third-order valence-corrected chi connectivity index (χ3v) is 11.7. The molecule has 0 amide bonds. The Labute approximate surface area is 357 Å². The first-order valence-corrected chi connectivity index (χ1v) is 20.7. The van der Waals surface area contributed by atoms with Crippen LogP contribution < -0.4 is 0 Å². The molecular formula is C57H35N3O2. The van der Waals surface area contributed by atoms with Crippen LogP contribution in [0.1, 0.15) is 0 Å². The summed E-state index contributed by atoms with van der Waals surface area (Å²) in [6, 6.07) is 73.7. The second-order valence-corrected chi connectivity index (χ2v) is 15.5. The number of fused-ring (bicyclic) bond motifs is 6. The minimum Gasteiger partial charge on any atom is -0.456 e. The lowest BCUT2D eigenvalue weighted by Crippen LogP contribution is -2.00. The summed E-state index contributed by atoms with van der Waals surface area (Å²) < 4.78 is 12.7. The van der Waals surface area contributed by atoms with E-state index in [9.17, 15) is 0 Å². The fourth-order valence-corrected chi connectivity index (χ4v) is 8.75. The van der Waals surface area contributed by atoms with Gasteiger partial charge in [-0.05, 0) is 99.1 Å². The maximum atomic E-state index is 6.45. The number of para-hydroxylation sites is 2. The van der Waals surface area contributed by atoms with Crippen molar-refractivity contribution in [3.8, 4) is 78.7 Å². The zero-order valence-corrected chi connectivity index (χ0v) is 33.4. The van der Waals surface area contributed by atoms with Crippen LogP contribution in [-0.4, -0.2) is 15.0 Å². The van der Waals surface area contributed by atoms with E-state index in [0.29, 0.717) is 17.5 Å². The minimum atomic E-state index is 0.570. The molecule has 12 aromatic rings. The van der Waals surface area contributed by atoms with Crippen molar-refractivity contribution in [2.75, 3.05) is 0 Å². The summed E-state index contributed by atoms with van der Waals surface area (Å²) in [6.45, 7) is 0. The SMILES string of the molecule is c1ccc(-c2cc(-c3cccc(-c4nc(-c5ccccc5)nc(-c5ccc6c(c5)oc5ccccc56)n4)c3)c(-c3ccccc3)c(-c3ccc4c(c3)oc3ccccc34)c2)cc1. The van der Waals surface area contributed by atoms with Crippen molar-refractivity contribution in [1.82, 2.24) is 15.0 Å². The Kier molecular flexibility index (Phi) is 8.42. The zero-order chi connectivity index (χ0) is 41.0. The second-order valence-electron chi connectivity index (χ2n) is 15.5. The zero-order valence-electron chi connectivity index (χ0n) is 33.4. The van der Waals surface area contributed by atoms with E-state index in [0.717, 1.165) is 105 Å². The van der Waals surface area contributed by atoms with E-state index >= 15 is 0 Å². The molecule has 0 unspecified atom stereocenters. The maximum absolute atomic E-state index is 6.45. The Balaban J connectivity index is 1.06. The molecule has 0 atom stereocenters. The normalized spacial score (nSPS) is 11.5. The fourth-order valence-electron chi connectivity index (χ4n) is 8.75. The van der Waals surface area contributed by atoms with Crippen molar-refractivity contribution in [2.24, 2.45) is 0 Å². The van der Waals surface area contributed by atoms with E-state index in [-0.39, 0.29) is 0 Å². The average Bonchev–Trinajstić information content (AvgIpc) is 3.92. The molecule has 5 heteroatoms. The standard InChI is InChI=1S/C57H35N3O2/c1-4-15-36(16-5-1)43-32-48(54(37-17-6-2-7-18-37)49(33-43)40-27-29-46-44-23-10-12-25-50(44)61-52(46)34-40)39-21-14-22-41(31-39)56-58-55(38-19-8-3-9-20-38)59-57(60-56)42-28-30-47-45-24-11-13-26-51(45)62-53(47)35-42/h1-35H. The Hall–Kier alpha value is -8.41. The third-order valence-electron chi connectivity index (χ3n) is 11.7. The first-order chi connectivity index (χ1) is 30.7. The molecule has 0 aliphatic heterocycles. The van der Waals surface area contributed by atoms with Crippen LogP contribution in [0, 0.1) is 0 Å². The Bertz CT molecular complexity index is 3630. The van der Waals surface area contributed by atoms with Gasteiger partial charge in [-0.25, -0.2) is 15.0 Å². The highest BCUT2D eigenvalue weighted by molar-refractivity contribution is 6.08. The second kappa shape index (κ2) is 14.7. The summed E-state index contributed by atoms with van der Waals surface area (Å²) >= 11 is 0. The van der Waals surface area contributed by atoms with Crippen LogP contribution >= 0.6 is 0 Å². The van der Waals surface area contributed by atoms with E-state index in [1.54, 1.807) is 0 Å². The van der Waals surface area contributed by atoms with Gasteiger partial charge >= 0.3 is 0 Å². The molecule has 0 aliphatic rings. The molecule has 0 aliphatic carbocycles. The summed E-state index contributed by atoms with van der Waals surface area (Å²) in [7, 11) is 0. The maximum Gasteiger partial charge on any atom is 0.164 e. The fraction of sp³-hybridized carbons (Fsp3) is 0. The van der Waals surface area contributed by atoms with E-state index in [2.05, 4.69) is 146 Å². The largest absolute Gasteiger partial charge is 0.456 e. The summed E-state index contributed by atoms with van der Waals surface area (Å²) in [5, 5.41) is 4.34. The van der Waals surface area contributed by atoms with Gasteiger partial charge in [-0.15, -0.1) is 0 Å². The molecular weight excluding hydrogens is 759 g/mol. The van der Waals surface area contributed by atoms with Gasteiger partial charge in [0.25, 0.3) is 0 Å². The predicted molar refractivity (Wildman–Crippen MR) is 252 cm³/mol. The van der Waals surface area contributed by atoms with Crippen molar-refractivity contribution >= 4 is 43.9 Å². The number of rotatable bonds is 7. The van der Waals surface area contributed by atoms with Gasteiger partial charge in [0.1, 0.15) is 22.3 Å². The number of nitrogens with zero attached hydrogens (tertiary/aromatic N) is 3. The average molecular weight is 794 g/mol. The summed E-state index contributed by atoms with van der Waals surface area (Å²) in [5.41, 5.74) is 14.8. The van der Waals surface area contributed by atoms with Gasteiger partial charge in [0.2, 0.25) is 0 Å². The van der Waals surface area contributed by atoms with Gasteiger partial charge in [0, 0.05) is 38.2 Å². The van der Waals surface area contributed by atoms with Gasteiger partial charge < -0.3 is 8.83 Å². The molecule has 5 nitrogen and oxygen atoms in total. The number of furan rings is 2. The van der Waals surface area contributed by atoms with Crippen LogP contribution in [0.2, 0.25) is 0 Å². The topological polar surface area (TPSA) is 65.0 Å². The quantitative estimate of drug-likeness (QED) is 0.161. The van der Waals surface area contributed by atoms with E-state index in [1.165, 1.54) is 0 Å². The van der Waals surface area contributed by atoms with Crippen LogP contribution in [0.15, 0.2) is 221 Å². The van der Waals surface area contributed by atoms with Gasteiger partial charge in [0.05, 0.1) is 0 Å². The van der Waals surface area contributed by atoms with Gasteiger partial charge in [-0.1, -0.05) is 158 Å². The Morgan fingerprint density at radius 2 is 0.645 bits per heavy atom. The van der Waals surface area contributed by atoms with Crippen LogP contribution in [0.3, 0.4) is 0 Å². The highest BCUT2D eigenvalue weighted by Crippen LogP contribution is 2.45. The molecule has 0 radical (unpaired) electrons. The van der Waals surface area contributed by atoms with Crippen molar-refractivity contribution < 1.29 is 8.83 Å². The van der Waals surface area contributed by atoms with Crippen LogP contribution in [0.4, 0.5) is 0 Å². The highest BCUT2D eigenvalue weighted by Gasteiger charge is 2.20. The van der Waals surface area contributed by atoms with E-state index in [4.69, 9.17) is 23.8 Å². The number of hydrogen-bond donors (Lipinski definition) is 0. The number of aromatic nitrogens is 3.